The Hall–Kier alpha value is -0.590. The molecule has 1 N–H and O–H groups in total. The van der Waals surface area contributed by atoms with Crippen LogP contribution in [0.5, 0.6) is 0 Å². The number of hydrogen-bond donors (Lipinski definition) is 1. The fourth-order valence-corrected chi connectivity index (χ4v) is 2.22. The summed E-state index contributed by atoms with van der Waals surface area (Å²) in [5.74, 6) is 0.780. The molecule has 0 saturated heterocycles. The van der Waals surface area contributed by atoms with Crippen molar-refractivity contribution in [3.8, 4) is 6.07 Å². The SMILES string of the molecule is CCCNC(C#N)COC1CCCC(C)C1. The maximum absolute atomic E-state index is 8.94. The number of nitrogens with one attached hydrogen (secondary N) is 1. The summed E-state index contributed by atoms with van der Waals surface area (Å²) in [7, 11) is 0. The maximum atomic E-state index is 8.94. The third-order valence-electron chi connectivity index (χ3n) is 3.18. The van der Waals surface area contributed by atoms with Gasteiger partial charge in [0.2, 0.25) is 0 Å². The normalized spacial score (nSPS) is 27.3. The number of nitrogens with zero attached hydrogens (tertiary/aromatic N) is 1. The van der Waals surface area contributed by atoms with E-state index in [1.165, 1.54) is 12.8 Å². The van der Waals surface area contributed by atoms with Crippen LogP contribution in [0.25, 0.3) is 0 Å². The number of rotatable bonds is 6. The number of hydrogen-bond acceptors (Lipinski definition) is 3. The Labute approximate surface area is 99.2 Å². The van der Waals surface area contributed by atoms with E-state index in [1.54, 1.807) is 0 Å². The summed E-state index contributed by atoms with van der Waals surface area (Å²) in [4.78, 5) is 0. The van der Waals surface area contributed by atoms with Crippen molar-refractivity contribution in [2.24, 2.45) is 5.92 Å². The van der Waals surface area contributed by atoms with Crippen molar-refractivity contribution < 1.29 is 4.74 Å². The molecular weight excluding hydrogens is 200 g/mol. The fraction of sp³-hybridized carbons (Fsp3) is 0.923. The lowest BCUT2D eigenvalue weighted by molar-refractivity contribution is 0.0105. The summed E-state index contributed by atoms with van der Waals surface area (Å²) >= 11 is 0. The van der Waals surface area contributed by atoms with Crippen molar-refractivity contribution in [2.45, 2.75) is 58.1 Å². The van der Waals surface area contributed by atoms with E-state index in [2.05, 4.69) is 25.2 Å². The van der Waals surface area contributed by atoms with Crippen molar-refractivity contribution >= 4 is 0 Å². The van der Waals surface area contributed by atoms with Gasteiger partial charge in [0.25, 0.3) is 0 Å². The van der Waals surface area contributed by atoms with Gasteiger partial charge in [0.15, 0.2) is 0 Å². The molecule has 1 aliphatic carbocycles. The second kappa shape index (κ2) is 7.65. The molecule has 16 heavy (non-hydrogen) atoms. The van der Waals surface area contributed by atoms with Crippen LogP contribution in [0.3, 0.4) is 0 Å². The van der Waals surface area contributed by atoms with E-state index in [-0.39, 0.29) is 6.04 Å². The third-order valence-corrected chi connectivity index (χ3v) is 3.18. The van der Waals surface area contributed by atoms with Crippen LogP contribution in [0.1, 0.15) is 46.0 Å². The lowest BCUT2D eigenvalue weighted by Gasteiger charge is -2.27. The van der Waals surface area contributed by atoms with Gasteiger partial charge < -0.3 is 10.1 Å². The minimum absolute atomic E-state index is 0.141. The van der Waals surface area contributed by atoms with Crippen LogP contribution in [-0.4, -0.2) is 25.3 Å². The van der Waals surface area contributed by atoms with Gasteiger partial charge in [-0.15, -0.1) is 0 Å². The number of nitriles is 1. The van der Waals surface area contributed by atoms with Crippen LogP contribution in [-0.2, 0) is 4.74 Å². The molecule has 3 heteroatoms. The molecule has 3 nitrogen and oxygen atoms in total. The molecule has 0 spiro atoms. The molecule has 0 aromatic heterocycles. The zero-order valence-electron chi connectivity index (χ0n) is 10.5. The largest absolute Gasteiger partial charge is 0.375 e. The van der Waals surface area contributed by atoms with E-state index in [1.807, 2.05) is 0 Å². The molecule has 0 radical (unpaired) electrons. The highest BCUT2D eigenvalue weighted by molar-refractivity contribution is 4.89. The summed E-state index contributed by atoms with van der Waals surface area (Å²) in [6, 6.07) is 2.11. The molecule has 0 aromatic rings. The fourth-order valence-electron chi connectivity index (χ4n) is 2.22. The predicted molar refractivity (Wildman–Crippen MR) is 65.1 cm³/mol. The Morgan fingerprint density at radius 2 is 2.31 bits per heavy atom. The van der Waals surface area contributed by atoms with Gasteiger partial charge in [0, 0.05) is 0 Å². The molecule has 0 aromatic carbocycles. The Morgan fingerprint density at radius 1 is 1.50 bits per heavy atom. The van der Waals surface area contributed by atoms with Crippen molar-refractivity contribution in [1.29, 1.82) is 5.26 Å². The first kappa shape index (κ1) is 13.5. The predicted octanol–water partition coefficient (Wildman–Crippen LogP) is 2.47. The molecule has 1 fully saturated rings. The molecule has 3 unspecified atom stereocenters. The van der Waals surface area contributed by atoms with Crippen molar-refractivity contribution in [2.75, 3.05) is 13.2 Å². The molecule has 0 heterocycles. The van der Waals surface area contributed by atoms with Gasteiger partial charge >= 0.3 is 0 Å². The van der Waals surface area contributed by atoms with Crippen LogP contribution < -0.4 is 5.32 Å². The first-order valence-corrected chi connectivity index (χ1v) is 6.50. The standard InChI is InChI=1S/C13H24N2O/c1-3-7-15-12(9-14)10-16-13-6-4-5-11(2)8-13/h11-13,15H,3-8,10H2,1-2H3. The summed E-state index contributed by atoms with van der Waals surface area (Å²) in [6.07, 6.45) is 6.35. The molecule has 0 aliphatic heterocycles. The molecule has 3 atom stereocenters. The van der Waals surface area contributed by atoms with E-state index >= 15 is 0 Å². The minimum Gasteiger partial charge on any atom is -0.375 e. The highest BCUT2D eigenvalue weighted by Crippen LogP contribution is 2.25. The second-order valence-corrected chi connectivity index (χ2v) is 4.86. The highest BCUT2D eigenvalue weighted by Gasteiger charge is 2.20. The highest BCUT2D eigenvalue weighted by atomic mass is 16.5. The Bertz CT molecular complexity index is 224. The van der Waals surface area contributed by atoms with E-state index in [9.17, 15) is 0 Å². The molecule has 1 saturated carbocycles. The lowest BCUT2D eigenvalue weighted by atomic mass is 9.89. The van der Waals surface area contributed by atoms with Crippen LogP contribution in [0.2, 0.25) is 0 Å². The first-order chi connectivity index (χ1) is 7.76. The van der Waals surface area contributed by atoms with Crippen LogP contribution in [0.15, 0.2) is 0 Å². The Balaban J connectivity index is 2.18. The molecule has 1 rings (SSSR count). The minimum atomic E-state index is -0.141. The molecular formula is C13H24N2O. The summed E-state index contributed by atoms with van der Waals surface area (Å²) in [5.41, 5.74) is 0. The van der Waals surface area contributed by atoms with Crippen molar-refractivity contribution in [1.82, 2.24) is 5.32 Å². The lowest BCUT2D eigenvalue weighted by Crippen LogP contribution is -2.35. The van der Waals surface area contributed by atoms with Gasteiger partial charge in [0.05, 0.1) is 18.8 Å². The van der Waals surface area contributed by atoms with Gasteiger partial charge in [-0.1, -0.05) is 26.7 Å². The summed E-state index contributed by atoms with van der Waals surface area (Å²) < 4.78 is 5.82. The third kappa shape index (κ3) is 4.96. The van der Waals surface area contributed by atoms with Crippen molar-refractivity contribution in [3.63, 3.8) is 0 Å². The van der Waals surface area contributed by atoms with Crippen LogP contribution in [0, 0.1) is 17.2 Å². The van der Waals surface area contributed by atoms with E-state index in [0.717, 1.165) is 31.7 Å². The molecule has 0 amide bonds. The second-order valence-electron chi connectivity index (χ2n) is 4.86. The van der Waals surface area contributed by atoms with Crippen LogP contribution in [0.4, 0.5) is 0 Å². The van der Waals surface area contributed by atoms with Gasteiger partial charge in [-0.2, -0.15) is 5.26 Å². The maximum Gasteiger partial charge on any atom is 0.119 e. The number of ether oxygens (including phenoxy) is 1. The van der Waals surface area contributed by atoms with Crippen LogP contribution >= 0.6 is 0 Å². The summed E-state index contributed by atoms with van der Waals surface area (Å²) in [5, 5.41) is 12.1. The zero-order valence-corrected chi connectivity index (χ0v) is 10.5. The van der Waals surface area contributed by atoms with E-state index in [4.69, 9.17) is 10.00 Å². The molecule has 92 valence electrons. The average molecular weight is 224 g/mol. The van der Waals surface area contributed by atoms with Crippen molar-refractivity contribution in [3.05, 3.63) is 0 Å². The van der Waals surface area contributed by atoms with Gasteiger partial charge in [0.1, 0.15) is 6.04 Å². The first-order valence-electron chi connectivity index (χ1n) is 6.50. The zero-order chi connectivity index (χ0) is 11.8. The quantitative estimate of drug-likeness (QED) is 0.754. The van der Waals surface area contributed by atoms with Gasteiger partial charge in [-0.05, 0) is 31.7 Å². The van der Waals surface area contributed by atoms with E-state index < -0.39 is 0 Å². The Kier molecular flexibility index (Phi) is 6.44. The Morgan fingerprint density at radius 3 is 2.94 bits per heavy atom. The van der Waals surface area contributed by atoms with Gasteiger partial charge in [-0.25, -0.2) is 0 Å². The monoisotopic (exact) mass is 224 g/mol. The summed E-state index contributed by atoms with van der Waals surface area (Å²) in [6.45, 7) is 5.81. The topological polar surface area (TPSA) is 45.0 Å². The molecule has 0 bridgehead atoms. The molecule has 1 aliphatic rings. The average Bonchev–Trinajstić information content (AvgIpc) is 2.29. The van der Waals surface area contributed by atoms with E-state index in [0.29, 0.717) is 12.7 Å². The van der Waals surface area contributed by atoms with Gasteiger partial charge in [-0.3, -0.25) is 0 Å². The smallest absolute Gasteiger partial charge is 0.119 e.